The first-order chi connectivity index (χ1) is 18.4. The molecule has 3 rings (SSSR count). The average molecular weight is 540 g/mol. The van der Waals surface area contributed by atoms with Gasteiger partial charge in [0.05, 0.1) is 12.5 Å². The second-order valence-corrected chi connectivity index (χ2v) is 9.86. The number of carbonyl (C=O) groups excluding carboxylic acids is 2. The van der Waals surface area contributed by atoms with E-state index in [1.165, 1.54) is 24.4 Å². The largest absolute Gasteiger partial charge is 0.481 e. The summed E-state index contributed by atoms with van der Waals surface area (Å²) < 4.78 is 29.9. The monoisotopic (exact) mass is 539 g/mol. The first kappa shape index (κ1) is 29.2. The number of pyridine rings is 1. The van der Waals surface area contributed by atoms with Gasteiger partial charge >= 0.3 is 5.97 Å². The minimum Gasteiger partial charge on any atom is -0.481 e. The van der Waals surface area contributed by atoms with Gasteiger partial charge in [-0.25, -0.2) is 8.78 Å². The zero-order chi connectivity index (χ0) is 28.9. The van der Waals surface area contributed by atoms with Crippen LogP contribution in [0.15, 0.2) is 53.5 Å². The predicted octanol–water partition coefficient (Wildman–Crippen LogP) is 4.41. The van der Waals surface area contributed by atoms with Crippen molar-refractivity contribution in [1.82, 2.24) is 15.6 Å². The summed E-state index contributed by atoms with van der Waals surface area (Å²) in [5.74, 6) is -5.51. The van der Waals surface area contributed by atoms with E-state index in [9.17, 15) is 28.7 Å². The topological polar surface area (TPSA) is 128 Å². The van der Waals surface area contributed by atoms with E-state index in [0.29, 0.717) is 11.1 Å². The molecule has 206 valence electrons. The summed E-state index contributed by atoms with van der Waals surface area (Å²) >= 11 is 0. The molecular weight excluding hydrogens is 508 g/mol. The molecule has 1 heterocycles. The molecule has 1 aromatic heterocycles. The van der Waals surface area contributed by atoms with Gasteiger partial charge in [0.25, 0.3) is 11.5 Å². The number of carbonyl (C=O) groups is 3. The van der Waals surface area contributed by atoms with Crippen molar-refractivity contribution < 1.29 is 28.3 Å². The fourth-order valence-electron chi connectivity index (χ4n) is 4.50. The minimum atomic E-state index is -1.44. The van der Waals surface area contributed by atoms with Crippen molar-refractivity contribution in [1.29, 1.82) is 0 Å². The molecule has 0 aliphatic rings. The van der Waals surface area contributed by atoms with E-state index in [0.717, 1.165) is 17.2 Å². The molecule has 2 aromatic carbocycles. The van der Waals surface area contributed by atoms with E-state index in [4.69, 9.17) is 0 Å². The Kier molecular flexibility index (Phi) is 9.34. The second kappa shape index (κ2) is 12.5. The van der Waals surface area contributed by atoms with E-state index in [-0.39, 0.29) is 23.5 Å². The van der Waals surface area contributed by atoms with E-state index in [2.05, 4.69) is 15.6 Å². The summed E-state index contributed by atoms with van der Waals surface area (Å²) in [6.07, 6.45) is 0.758. The number of hydrogen-bond donors (Lipinski definition) is 4. The second-order valence-electron chi connectivity index (χ2n) is 9.86. The summed E-state index contributed by atoms with van der Waals surface area (Å²) in [4.78, 5) is 52.2. The number of rotatable bonds is 10. The van der Waals surface area contributed by atoms with Crippen molar-refractivity contribution in [2.24, 2.45) is 5.92 Å². The van der Waals surface area contributed by atoms with Crippen LogP contribution in [0.25, 0.3) is 11.1 Å². The lowest BCUT2D eigenvalue weighted by Gasteiger charge is -2.25. The number of H-pyrrole nitrogens is 1. The minimum absolute atomic E-state index is 0.0884. The number of hydrogen-bond acceptors (Lipinski definition) is 4. The number of halogens is 2. The summed E-state index contributed by atoms with van der Waals surface area (Å²) in [7, 11) is 0. The van der Waals surface area contributed by atoms with Crippen LogP contribution >= 0.6 is 0 Å². The number of aryl methyl sites for hydroxylation is 2. The van der Waals surface area contributed by atoms with Gasteiger partial charge in [0.1, 0.15) is 11.6 Å². The van der Waals surface area contributed by atoms with Gasteiger partial charge in [0.2, 0.25) is 5.91 Å². The third kappa shape index (κ3) is 7.16. The summed E-state index contributed by atoms with van der Waals surface area (Å²) in [5, 5.41) is 14.5. The molecule has 0 unspecified atom stereocenters. The van der Waals surface area contributed by atoms with Gasteiger partial charge < -0.3 is 20.7 Å². The van der Waals surface area contributed by atoms with Crippen molar-refractivity contribution >= 4 is 17.8 Å². The van der Waals surface area contributed by atoms with Gasteiger partial charge in [-0.3, -0.25) is 19.2 Å². The molecule has 8 nitrogen and oxygen atoms in total. The molecule has 2 atom stereocenters. The third-order valence-electron chi connectivity index (χ3n) is 6.29. The molecule has 0 radical (unpaired) electrons. The lowest BCUT2D eigenvalue weighted by Crippen LogP contribution is -2.49. The molecule has 0 aliphatic heterocycles. The van der Waals surface area contributed by atoms with Gasteiger partial charge in [-0.15, -0.1) is 0 Å². The fourth-order valence-corrected chi connectivity index (χ4v) is 4.50. The lowest BCUT2D eigenvalue weighted by molar-refractivity contribution is -0.137. The molecule has 4 N–H and O–H groups in total. The zero-order valence-electron chi connectivity index (χ0n) is 22.1. The SMILES string of the molecule is Cc1cccc(C)c1-c1cc(F)c(F)c([C@H](CC(=O)O)NC(=O)[C@H](CC(C)C)NC(=O)c2ccc[nH]c2=O)c1. The van der Waals surface area contributed by atoms with Crippen LogP contribution in [0.3, 0.4) is 0 Å². The number of aliphatic carboxylic acids is 1. The maximum Gasteiger partial charge on any atom is 0.305 e. The standard InChI is InChI=1S/C29H31F2N3O5/c1-15(2)11-23(34-28(38)19-9-6-10-32-27(19)37)29(39)33-22(14-24(35)36)20-12-18(13-21(30)26(20)31)25-16(3)7-5-8-17(25)4/h5-10,12-13,15,22-23H,11,14H2,1-4H3,(H,32,37)(H,33,39)(H,34,38)(H,35,36)/t22-,23-/m0/s1. The molecular formula is C29H31F2N3O5. The van der Waals surface area contributed by atoms with Crippen LogP contribution in [0.4, 0.5) is 8.78 Å². The zero-order valence-corrected chi connectivity index (χ0v) is 22.1. The maximum atomic E-state index is 15.1. The normalized spacial score (nSPS) is 12.6. The number of carboxylic acids is 1. The average Bonchev–Trinajstić information content (AvgIpc) is 2.84. The first-order valence-electron chi connectivity index (χ1n) is 12.4. The highest BCUT2D eigenvalue weighted by atomic mass is 19.2. The van der Waals surface area contributed by atoms with Crippen LogP contribution in [0.5, 0.6) is 0 Å². The Morgan fingerprint density at radius 3 is 2.26 bits per heavy atom. The number of nitrogens with one attached hydrogen (secondary N) is 3. The van der Waals surface area contributed by atoms with Crippen molar-refractivity contribution in [3.8, 4) is 11.1 Å². The molecule has 0 bridgehead atoms. The van der Waals surface area contributed by atoms with Crippen molar-refractivity contribution in [2.75, 3.05) is 0 Å². The molecule has 0 aliphatic carbocycles. The first-order valence-corrected chi connectivity index (χ1v) is 12.4. The van der Waals surface area contributed by atoms with Crippen LogP contribution in [0, 0.1) is 31.4 Å². The van der Waals surface area contributed by atoms with Crippen LogP contribution in [-0.4, -0.2) is 33.9 Å². The molecule has 10 heteroatoms. The van der Waals surface area contributed by atoms with Gasteiger partial charge in [-0.05, 0) is 72.7 Å². The van der Waals surface area contributed by atoms with Crippen LogP contribution in [0.2, 0.25) is 0 Å². The predicted molar refractivity (Wildman–Crippen MR) is 142 cm³/mol. The van der Waals surface area contributed by atoms with E-state index >= 15 is 4.39 Å². The molecule has 3 aromatic rings. The molecule has 39 heavy (non-hydrogen) atoms. The Labute approximate surface area is 224 Å². The number of benzene rings is 2. The number of aromatic nitrogens is 1. The van der Waals surface area contributed by atoms with Gasteiger partial charge in [0, 0.05) is 11.8 Å². The fraction of sp³-hybridized carbons (Fsp3) is 0.310. The Bertz CT molecular complexity index is 1430. The Morgan fingerprint density at radius 1 is 1.00 bits per heavy atom. The van der Waals surface area contributed by atoms with E-state index in [1.807, 2.05) is 32.0 Å². The Hall–Kier alpha value is -4.34. The van der Waals surface area contributed by atoms with Gasteiger partial charge in [-0.1, -0.05) is 32.0 Å². The highest BCUT2D eigenvalue weighted by Crippen LogP contribution is 2.33. The smallest absolute Gasteiger partial charge is 0.305 e. The van der Waals surface area contributed by atoms with Crippen molar-refractivity contribution in [3.63, 3.8) is 0 Å². The third-order valence-corrected chi connectivity index (χ3v) is 6.29. The molecule has 2 amide bonds. The van der Waals surface area contributed by atoms with Crippen LogP contribution < -0.4 is 16.2 Å². The summed E-state index contributed by atoms with van der Waals surface area (Å²) in [6.45, 7) is 7.24. The van der Waals surface area contributed by atoms with E-state index < -0.39 is 53.5 Å². The lowest BCUT2D eigenvalue weighted by atomic mass is 9.92. The molecule has 0 spiro atoms. The molecule has 0 fully saturated rings. The van der Waals surface area contributed by atoms with Crippen molar-refractivity contribution in [2.45, 2.75) is 52.6 Å². The highest BCUT2D eigenvalue weighted by molar-refractivity contribution is 5.97. The summed E-state index contributed by atoms with van der Waals surface area (Å²) in [5.41, 5.74) is 1.41. The van der Waals surface area contributed by atoms with Gasteiger partial charge in [0.15, 0.2) is 11.6 Å². The van der Waals surface area contributed by atoms with Gasteiger partial charge in [-0.2, -0.15) is 0 Å². The molecule has 0 saturated carbocycles. The Morgan fingerprint density at radius 2 is 1.67 bits per heavy atom. The van der Waals surface area contributed by atoms with E-state index in [1.54, 1.807) is 13.8 Å². The maximum absolute atomic E-state index is 15.1. The quantitative estimate of drug-likeness (QED) is 0.303. The Balaban J connectivity index is 1.99. The van der Waals surface area contributed by atoms with Crippen LogP contribution in [-0.2, 0) is 9.59 Å². The number of aromatic amines is 1. The van der Waals surface area contributed by atoms with Crippen LogP contribution in [0.1, 0.15) is 59.8 Å². The number of amides is 2. The molecule has 0 saturated heterocycles. The number of carboxylic acid groups (broad SMARTS) is 1. The highest BCUT2D eigenvalue weighted by Gasteiger charge is 2.29. The van der Waals surface area contributed by atoms with Crippen molar-refractivity contribution in [3.05, 3.63) is 92.9 Å². The summed E-state index contributed by atoms with van der Waals surface area (Å²) in [6, 6.07) is 7.96.